The van der Waals surface area contributed by atoms with E-state index >= 15 is 0 Å². The molecule has 0 aromatic heterocycles. The molecule has 2 heteroatoms. The van der Waals surface area contributed by atoms with Crippen molar-refractivity contribution in [1.82, 2.24) is 0 Å². The lowest BCUT2D eigenvalue weighted by Crippen LogP contribution is -2.14. The van der Waals surface area contributed by atoms with E-state index in [0.717, 1.165) is 25.7 Å². The summed E-state index contributed by atoms with van der Waals surface area (Å²) in [6, 6.07) is 0. The molecule has 0 radical (unpaired) electrons. The third-order valence-corrected chi connectivity index (χ3v) is 2.05. The first kappa shape index (κ1) is 11.9. The Morgan fingerprint density at radius 2 is 1.50 bits per heavy atom. The maximum absolute atomic E-state index is 9.45. The van der Waals surface area contributed by atoms with Crippen molar-refractivity contribution in [3.8, 4) is 0 Å². The molecule has 0 saturated heterocycles. The maximum Gasteiger partial charge on any atom is 0.0543 e. The molecule has 0 heterocycles. The first-order valence-electron chi connectivity index (χ1n) is 4.92. The second-order valence-corrected chi connectivity index (χ2v) is 3.92. The van der Waals surface area contributed by atoms with Crippen molar-refractivity contribution < 1.29 is 10.2 Å². The molecular formula is C10H22O2. The van der Waals surface area contributed by atoms with Gasteiger partial charge in [-0.15, -0.1) is 0 Å². The zero-order valence-electron chi connectivity index (χ0n) is 8.45. The van der Waals surface area contributed by atoms with Gasteiger partial charge in [0.15, 0.2) is 0 Å². The summed E-state index contributed by atoms with van der Waals surface area (Å²) in [4.78, 5) is 0. The Hall–Kier alpha value is -0.0800. The molecule has 0 aliphatic rings. The van der Waals surface area contributed by atoms with Gasteiger partial charge >= 0.3 is 0 Å². The van der Waals surface area contributed by atoms with Crippen molar-refractivity contribution in [2.75, 3.05) is 0 Å². The second kappa shape index (κ2) is 6.44. The van der Waals surface area contributed by atoms with Gasteiger partial charge in [0.05, 0.1) is 12.2 Å². The van der Waals surface area contributed by atoms with Gasteiger partial charge in [-0.3, -0.25) is 0 Å². The average molecular weight is 174 g/mol. The number of hydrogen-bond donors (Lipinski definition) is 2. The Labute approximate surface area is 75.6 Å². The Morgan fingerprint density at radius 3 is 1.92 bits per heavy atom. The third-order valence-electron chi connectivity index (χ3n) is 2.05. The molecule has 2 atom stereocenters. The highest BCUT2D eigenvalue weighted by molar-refractivity contribution is 4.61. The number of rotatable bonds is 6. The van der Waals surface area contributed by atoms with E-state index in [4.69, 9.17) is 0 Å². The van der Waals surface area contributed by atoms with E-state index < -0.39 is 0 Å². The summed E-state index contributed by atoms with van der Waals surface area (Å²) in [6.07, 6.45) is 2.63. The molecule has 0 aliphatic carbocycles. The molecule has 0 amide bonds. The topological polar surface area (TPSA) is 40.5 Å². The summed E-state index contributed by atoms with van der Waals surface area (Å²) < 4.78 is 0. The van der Waals surface area contributed by atoms with Gasteiger partial charge in [-0.05, 0) is 31.6 Å². The van der Waals surface area contributed by atoms with E-state index in [-0.39, 0.29) is 12.2 Å². The van der Waals surface area contributed by atoms with Crippen LogP contribution >= 0.6 is 0 Å². The summed E-state index contributed by atoms with van der Waals surface area (Å²) in [5.41, 5.74) is 0. The molecule has 2 unspecified atom stereocenters. The van der Waals surface area contributed by atoms with Crippen LogP contribution in [0.15, 0.2) is 0 Å². The van der Waals surface area contributed by atoms with Crippen LogP contribution in [0.5, 0.6) is 0 Å². The Balaban J connectivity index is 3.36. The minimum atomic E-state index is -0.230. The lowest BCUT2D eigenvalue weighted by molar-refractivity contribution is 0.0991. The van der Waals surface area contributed by atoms with E-state index in [1.165, 1.54) is 0 Å². The zero-order chi connectivity index (χ0) is 9.56. The Bertz CT molecular complexity index is 102. The SMILES string of the molecule is CCC(O)CCC(O)CC(C)C. The van der Waals surface area contributed by atoms with Gasteiger partial charge in [-0.2, -0.15) is 0 Å². The molecule has 0 spiro atoms. The van der Waals surface area contributed by atoms with Crippen LogP contribution < -0.4 is 0 Å². The standard InChI is InChI=1S/C10H22O2/c1-4-9(11)5-6-10(12)7-8(2)3/h8-12H,4-7H2,1-3H3. The van der Waals surface area contributed by atoms with Crippen molar-refractivity contribution in [2.24, 2.45) is 5.92 Å². The van der Waals surface area contributed by atoms with E-state index in [9.17, 15) is 10.2 Å². The molecule has 0 aliphatic heterocycles. The van der Waals surface area contributed by atoms with E-state index in [0.29, 0.717) is 5.92 Å². The predicted molar refractivity (Wildman–Crippen MR) is 51.0 cm³/mol. The summed E-state index contributed by atoms with van der Waals surface area (Å²) in [5.74, 6) is 0.541. The molecule has 0 rings (SSSR count). The van der Waals surface area contributed by atoms with Crippen molar-refractivity contribution in [2.45, 2.75) is 58.7 Å². The summed E-state index contributed by atoms with van der Waals surface area (Å²) in [6.45, 7) is 6.15. The minimum absolute atomic E-state index is 0.230. The van der Waals surface area contributed by atoms with E-state index in [2.05, 4.69) is 13.8 Å². The van der Waals surface area contributed by atoms with Crippen LogP contribution in [0.4, 0.5) is 0 Å². The average Bonchev–Trinajstić information content (AvgIpc) is 1.99. The Morgan fingerprint density at radius 1 is 1.00 bits per heavy atom. The molecule has 0 fully saturated rings. The van der Waals surface area contributed by atoms with Gasteiger partial charge < -0.3 is 10.2 Å². The molecule has 2 N–H and O–H groups in total. The van der Waals surface area contributed by atoms with Crippen molar-refractivity contribution in [1.29, 1.82) is 0 Å². The highest BCUT2D eigenvalue weighted by atomic mass is 16.3. The van der Waals surface area contributed by atoms with Crippen LogP contribution in [-0.2, 0) is 0 Å². The van der Waals surface area contributed by atoms with Crippen molar-refractivity contribution >= 4 is 0 Å². The van der Waals surface area contributed by atoms with Crippen molar-refractivity contribution in [3.05, 3.63) is 0 Å². The molecule has 0 bridgehead atoms. The van der Waals surface area contributed by atoms with Gasteiger partial charge in [0.25, 0.3) is 0 Å². The maximum atomic E-state index is 9.45. The fraction of sp³-hybridized carbons (Fsp3) is 1.00. The van der Waals surface area contributed by atoms with Crippen LogP contribution in [-0.4, -0.2) is 22.4 Å². The molecule has 2 nitrogen and oxygen atoms in total. The second-order valence-electron chi connectivity index (χ2n) is 3.92. The molecule has 0 aromatic rings. The lowest BCUT2D eigenvalue weighted by atomic mass is 10.0. The minimum Gasteiger partial charge on any atom is -0.393 e. The van der Waals surface area contributed by atoms with Crippen LogP contribution in [0, 0.1) is 5.92 Å². The fourth-order valence-electron chi connectivity index (χ4n) is 1.25. The van der Waals surface area contributed by atoms with Gasteiger partial charge in [0, 0.05) is 0 Å². The van der Waals surface area contributed by atoms with Crippen LogP contribution in [0.2, 0.25) is 0 Å². The van der Waals surface area contributed by atoms with Crippen LogP contribution in [0.25, 0.3) is 0 Å². The van der Waals surface area contributed by atoms with Gasteiger partial charge in [0.2, 0.25) is 0 Å². The first-order chi connectivity index (χ1) is 5.56. The molecular weight excluding hydrogens is 152 g/mol. The van der Waals surface area contributed by atoms with Gasteiger partial charge in [-0.25, -0.2) is 0 Å². The van der Waals surface area contributed by atoms with Crippen molar-refractivity contribution in [3.63, 3.8) is 0 Å². The smallest absolute Gasteiger partial charge is 0.0543 e. The van der Waals surface area contributed by atoms with Crippen LogP contribution in [0.3, 0.4) is 0 Å². The highest BCUT2D eigenvalue weighted by Crippen LogP contribution is 2.11. The van der Waals surface area contributed by atoms with E-state index in [1.54, 1.807) is 0 Å². The predicted octanol–water partition coefficient (Wildman–Crippen LogP) is 1.94. The lowest BCUT2D eigenvalue weighted by Gasteiger charge is -2.14. The normalized spacial score (nSPS) is 16.5. The number of aliphatic hydroxyl groups is 2. The zero-order valence-corrected chi connectivity index (χ0v) is 8.45. The summed E-state index contributed by atoms with van der Waals surface area (Å²) in [7, 11) is 0. The fourth-order valence-corrected chi connectivity index (χ4v) is 1.25. The molecule has 0 aromatic carbocycles. The Kier molecular flexibility index (Phi) is 6.39. The monoisotopic (exact) mass is 174 g/mol. The van der Waals surface area contributed by atoms with E-state index in [1.807, 2.05) is 6.92 Å². The molecule has 74 valence electrons. The summed E-state index contributed by atoms with van der Waals surface area (Å²) >= 11 is 0. The number of aliphatic hydroxyl groups excluding tert-OH is 2. The van der Waals surface area contributed by atoms with Gasteiger partial charge in [0.1, 0.15) is 0 Å². The molecule has 0 saturated carbocycles. The largest absolute Gasteiger partial charge is 0.393 e. The highest BCUT2D eigenvalue weighted by Gasteiger charge is 2.09. The quantitative estimate of drug-likeness (QED) is 0.646. The number of hydrogen-bond acceptors (Lipinski definition) is 2. The summed E-state index contributed by atoms with van der Waals surface area (Å²) in [5, 5.41) is 18.7. The third kappa shape index (κ3) is 6.62. The van der Waals surface area contributed by atoms with Crippen LogP contribution in [0.1, 0.15) is 46.5 Å². The van der Waals surface area contributed by atoms with Gasteiger partial charge in [-0.1, -0.05) is 20.8 Å². The molecule has 12 heavy (non-hydrogen) atoms. The first-order valence-corrected chi connectivity index (χ1v) is 4.92.